The average Bonchev–Trinajstić information content (AvgIpc) is 2.67. The Bertz CT molecular complexity index is 503. The molecule has 1 aliphatic heterocycles. The third-order valence-electron chi connectivity index (χ3n) is 3.59. The molecule has 0 amide bonds. The van der Waals surface area contributed by atoms with Gasteiger partial charge in [-0.15, -0.1) is 0 Å². The van der Waals surface area contributed by atoms with E-state index in [2.05, 4.69) is 5.10 Å². The first-order valence-corrected chi connectivity index (χ1v) is 5.93. The second-order valence-electron chi connectivity index (χ2n) is 4.65. The minimum atomic E-state index is -1.25. The molecule has 0 radical (unpaired) electrons. The SMILES string of the molecule is CCC(C)(C(=O)O)n1nc2n(c1=O)CCCC2. The van der Waals surface area contributed by atoms with Gasteiger partial charge in [0.25, 0.3) is 0 Å². The number of carbonyl (C=O) groups is 1. The molecule has 1 N–H and O–H groups in total. The minimum Gasteiger partial charge on any atom is -0.479 e. The summed E-state index contributed by atoms with van der Waals surface area (Å²) in [4.78, 5) is 23.4. The smallest absolute Gasteiger partial charge is 0.347 e. The van der Waals surface area contributed by atoms with E-state index in [0.717, 1.165) is 23.9 Å². The summed E-state index contributed by atoms with van der Waals surface area (Å²) in [5.41, 5.74) is -1.55. The number of carboxylic acids is 1. The van der Waals surface area contributed by atoms with Crippen LogP contribution < -0.4 is 5.69 Å². The van der Waals surface area contributed by atoms with E-state index in [1.807, 2.05) is 0 Å². The predicted molar refractivity (Wildman–Crippen MR) is 61.0 cm³/mol. The van der Waals surface area contributed by atoms with Crippen LogP contribution in [-0.4, -0.2) is 25.4 Å². The summed E-state index contributed by atoms with van der Waals surface area (Å²) >= 11 is 0. The third-order valence-corrected chi connectivity index (χ3v) is 3.59. The molecule has 0 aromatic carbocycles. The van der Waals surface area contributed by atoms with Crippen molar-refractivity contribution < 1.29 is 9.90 Å². The Morgan fingerprint density at radius 3 is 2.76 bits per heavy atom. The molecule has 0 aliphatic carbocycles. The Labute approximate surface area is 98.9 Å². The lowest BCUT2D eigenvalue weighted by molar-refractivity contribution is -0.147. The molecule has 1 aromatic rings. The number of hydrogen-bond donors (Lipinski definition) is 1. The van der Waals surface area contributed by atoms with Crippen LogP contribution in [0.2, 0.25) is 0 Å². The maximum atomic E-state index is 12.1. The van der Waals surface area contributed by atoms with Crippen LogP contribution in [-0.2, 0) is 23.3 Å². The van der Waals surface area contributed by atoms with Crippen LogP contribution in [0.25, 0.3) is 0 Å². The lowest BCUT2D eigenvalue weighted by Gasteiger charge is -2.21. The number of aryl methyl sites for hydroxylation is 1. The Kier molecular flexibility index (Phi) is 2.81. The third kappa shape index (κ3) is 1.67. The van der Waals surface area contributed by atoms with E-state index in [1.165, 1.54) is 6.92 Å². The first-order valence-electron chi connectivity index (χ1n) is 5.93. The van der Waals surface area contributed by atoms with Gasteiger partial charge in [-0.3, -0.25) is 4.57 Å². The Hall–Kier alpha value is -1.59. The van der Waals surface area contributed by atoms with Gasteiger partial charge in [-0.25, -0.2) is 9.59 Å². The fraction of sp³-hybridized carbons (Fsp3) is 0.727. The molecule has 0 spiro atoms. The molecule has 0 fully saturated rings. The van der Waals surface area contributed by atoms with Gasteiger partial charge in [0.05, 0.1) is 0 Å². The zero-order valence-corrected chi connectivity index (χ0v) is 10.1. The molecular formula is C11H17N3O3. The van der Waals surface area contributed by atoms with E-state index in [9.17, 15) is 14.7 Å². The molecule has 1 aliphatic rings. The van der Waals surface area contributed by atoms with Crippen LogP contribution in [0.4, 0.5) is 0 Å². The first kappa shape index (κ1) is 11.9. The van der Waals surface area contributed by atoms with Gasteiger partial charge in [0, 0.05) is 13.0 Å². The lowest BCUT2D eigenvalue weighted by atomic mass is 10.00. The number of aromatic nitrogens is 3. The van der Waals surface area contributed by atoms with Crippen molar-refractivity contribution in [1.82, 2.24) is 14.3 Å². The highest BCUT2D eigenvalue weighted by molar-refractivity contribution is 5.75. The maximum Gasteiger partial charge on any atom is 0.347 e. The maximum absolute atomic E-state index is 12.1. The van der Waals surface area contributed by atoms with Crippen LogP contribution in [0.15, 0.2) is 4.79 Å². The van der Waals surface area contributed by atoms with Gasteiger partial charge in [-0.1, -0.05) is 6.92 Å². The number of nitrogens with zero attached hydrogens (tertiary/aromatic N) is 3. The molecule has 0 saturated heterocycles. The molecule has 1 aromatic heterocycles. The van der Waals surface area contributed by atoms with Crippen molar-refractivity contribution in [1.29, 1.82) is 0 Å². The van der Waals surface area contributed by atoms with Crippen molar-refractivity contribution in [2.24, 2.45) is 0 Å². The quantitative estimate of drug-likeness (QED) is 0.837. The Morgan fingerprint density at radius 2 is 2.24 bits per heavy atom. The van der Waals surface area contributed by atoms with Crippen molar-refractivity contribution in [2.75, 3.05) is 0 Å². The van der Waals surface area contributed by atoms with Crippen LogP contribution >= 0.6 is 0 Å². The lowest BCUT2D eigenvalue weighted by Crippen LogP contribution is -2.45. The number of carboxylic acid groups (broad SMARTS) is 1. The van der Waals surface area contributed by atoms with Gasteiger partial charge < -0.3 is 5.11 Å². The van der Waals surface area contributed by atoms with E-state index in [4.69, 9.17) is 0 Å². The average molecular weight is 239 g/mol. The highest BCUT2D eigenvalue weighted by Crippen LogP contribution is 2.19. The summed E-state index contributed by atoms with van der Waals surface area (Å²) in [5.74, 6) is -0.306. The predicted octanol–water partition coefficient (Wildman–Crippen LogP) is 0.591. The summed E-state index contributed by atoms with van der Waals surface area (Å²) in [5, 5.41) is 13.5. The molecule has 1 unspecified atom stereocenters. The normalized spacial score (nSPS) is 18.5. The van der Waals surface area contributed by atoms with Gasteiger partial charge in [-0.2, -0.15) is 9.78 Å². The molecule has 0 saturated carbocycles. The molecule has 2 heterocycles. The van der Waals surface area contributed by atoms with Gasteiger partial charge in [0.2, 0.25) is 0 Å². The summed E-state index contributed by atoms with van der Waals surface area (Å²) in [7, 11) is 0. The Morgan fingerprint density at radius 1 is 1.53 bits per heavy atom. The monoisotopic (exact) mass is 239 g/mol. The summed E-state index contributed by atoms with van der Waals surface area (Å²) in [6.45, 7) is 3.93. The van der Waals surface area contributed by atoms with Crippen LogP contribution in [0, 0.1) is 0 Å². The zero-order valence-electron chi connectivity index (χ0n) is 10.1. The van der Waals surface area contributed by atoms with Gasteiger partial charge >= 0.3 is 11.7 Å². The molecular weight excluding hydrogens is 222 g/mol. The van der Waals surface area contributed by atoms with Crippen LogP contribution in [0.5, 0.6) is 0 Å². The fourth-order valence-corrected chi connectivity index (χ4v) is 2.11. The fourth-order valence-electron chi connectivity index (χ4n) is 2.11. The van der Waals surface area contributed by atoms with E-state index in [1.54, 1.807) is 11.5 Å². The largest absolute Gasteiger partial charge is 0.479 e. The molecule has 6 heteroatoms. The number of fused-ring (bicyclic) bond motifs is 1. The highest BCUT2D eigenvalue weighted by atomic mass is 16.4. The molecule has 6 nitrogen and oxygen atoms in total. The number of hydrogen-bond acceptors (Lipinski definition) is 3. The summed E-state index contributed by atoms with van der Waals surface area (Å²) in [6, 6.07) is 0. The summed E-state index contributed by atoms with van der Waals surface area (Å²) < 4.78 is 2.73. The van der Waals surface area contributed by atoms with E-state index in [0.29, 0.717) is 18.8 Å². The molecule has 0 bridgehead atoms. The Balaban J connectivity index is 2.56. The zero-order chi connectivity index (χ0) is 12.6. The van der Waals surface area contributed by atoms with E-state index < -0.39 is 11.5 Å². The number of aliphatic carboxylic acids is 1. The second kappa shape index (κ2) is 4.01. The molecule has 1 atom stereocenters. The van der Waals surface area contributed by atoms with Crippen molar-refractivity contribution in [3.8, 4) is 0 Å². The minimum absolute atomic E-state index is 0.300. The van der Waals surface area contributed by atoms with Gasteiger partial charge in [0.1, 0.15) is 5.82 Å². The summed E-state index contributed by atoms with van der Waals surface area (Å²) in [6.07, 6.45) is 3.04. The first-order chi connectivity index (χ1) is 8.00. The van der Waals surface area contributed by atoms with E-state index in [-0.39, 0.29) is 5.69 Å². The molecule has 17 heavy (non-hydrogen) atoms. The van der Waals surface area contributed by atoms with Crippen LogP contribution in [0.1, 0.15) is 38.9 Å². The molecule has 2 rings (SSSR count). The van der Waals surface area contributed by atoms with Crippen molar-refractivity contribution in [2.45, 2.75) is 51.6 Å². The van der Waals surface area contributed by atoms with Crippen LogP contribution in [0.3, 0.4) is 0 Å². The van der Waals surface area contributed by atoms with Gasteiger partial charge in [-0.05, 0) is 26.2 Å². The standard InChI is InChI=1S/C11H17N3O3/c1-3-11(2,9(15)16)14-10(17)13-7-5-4-6-8(13)12-14/h3-7H2,1-2H3,(H,15,16). The van der Waals surface area contributed by atoms with Gasteiger partial charge in [0.15, 0.2) is 5.54 Å². The van der Waals surface area contributed by atoms with Crippen molar-refractivity contribution >= 4 is 5.97 Å². The topological polar surface area (TPSA) is 77.1 Å². The number of rotatable bonds is 3. The molecule has 94 valence electrons. The van der Waals surface area contributed by atoms with Crippen molar-refractivity contribution in [3.05, 3.63) is 16.3 Å². The van der Waals surface area contributed by atoms with Crippen molar-refractivity contribution in [3.63, 3.8) is 0 Å². The highest BCUT2D eigenvalue weighted by Gasteiger charge is 2.37. The second-order valence-corrected chi connectivity index (χ2v) is 4.65. The van der Waals surface area contributed by atoms with E-state index >= 15 is 0 Å².